The maximum Gasteiger partial charge on any atom is 0.168 e. The number of amidine groups is 2. The molecular formula is C17H26N4S2. The summed E-state index contributed by atoms with van der Waals surface area (Å²) in [5.74, 6) is 1.02. The first-order chi connectivity index (χ1) is 11.3. The molecule has 0 aromatic carbocycles. The quantitative estimate of drug-likeness (QED) is 0.818. The molecular weight excluding hydrogens is 324 g/mol. The van der Waals surface area contributed by atoms with Crippen molar-refractivity contribution in [3.63, 3.8) is 0 Å². The van der Waals surface area contributed by atoms with Gasteiger partial charge < -0.3 is 10.2 Å². The van der Waals surface area contributed by atoms with Gasteiger partial charge in [-0.25, -0.2) is 0 Å². The van der Waals surface area contributed by atoms with Crippen LogP contribution in [0.25, 0.3) is 0 Å². The molecule has 4 rings (SSSR count). The van der Waals surface area contributed by atoms with Gasteiger partial charge in [0.25, 0.3) is 0 Å². The number of hydrogen-bond donors (Lipinski definition) is 1. The molecule has 0 bridgehead atoms. The normalized spacial score (nSPS) is 32.1. The van der Waals surface area contributed by atoms with E-state index in [1.54, 1.807) is 0 Å². The number of thioether (sulfide) groups is 2. The SMILES string of the molecule is CCCCC1CN=C(SCC2=CSC3=N[C@@H]4CCCC[C@@H]4N23)N1. The van der Waals surface area contributed by atoms with Gasteiger partial charge in [0, 0.05) is 17.5 Å². The maximum atomic E-state index is 4.95. The lowest BCUT2D eigenvalue weighted by atomic mass is 9.91. The topological polar surface area (TPSA) is 40.0 Å². The average Bonchev–Trinajstić information content (AvgIpc) is 3.26. The van der Waals surface area contributed by atoms with Crippen LogP contribution < -0.4 is 5.32 Å². The summed E-state index contributed by atoms with van der Waals surface area (Å²) < 4.78 is 0. The standard InChI is InChI=1S/C17H26N4S2/c1-2-3-6-12-9-18-16(19-12)22-10-13-11-23-17-20-14-7-4-5-8-15(14)21(13)17/h11-12,14-15H,2-10H2,1H3,(H,18,19)/t12?,14-,15+/m1/s1. The van der Waals surface area contributed by atoms with Gasteiger partial charge in [-0.3, -0.25) is 9.98 Å². The first-order valence-electron chi connectivity index (χ1n) is 9.01. The minimum absolute atomic E-state index is 0.556. The van der Waals surface area contributed by atoms with Crippen molar-refractivity contribution in [2.24, 2.45) is 9.98 Å². The molecule has 1 saturated carbocycles. The molecule has 4 nitrogen and oxygen atoms in total. The van der Waals surface area contributed by atoms with E-state index in [1.807, 2.05) is 23.5 Å². The Hall–Kier alpha value is -0.620. The lowest BCUT2D eigenvalue weighted by Gasteiger charge is -2.31. The first kappa shape index (κ1) is 15.9. The number of hydrogen-bond acceptors (Lipinski definition) is 6. The monoisotopic (exact) mass is 350 g/mol. The van der Waals surface area contributed by atoms with E-state index in [1.165, 1.54) is 55.8 Å². The van der Waals surface area contributed by atoms with E-state index in [2.05, 4.69) is 27.5 Å². The van der Waals surface area contributed by atoms with Crippen molar-refractivity contribution in [3.05, 3.63) is 11.1 Å². The number of unbranched alkanes of at least 4 members (excludes halogenated alkanes) is 1. The average molecular weight is 351 g/mol. The third kappa shape index (κ3) is 3.29. The number of rotatable bonds is 5. The largest absolute Gasteiger partial charge is 0.360 e. The third-order valence-corrected chi connectivity index (χ3v) is 7.03. The number of nitrogens with one attached hydrogen (secondary N) is 1. The summed E-state index contributed by atoms with van der Waals surface area (Å²) in [6, 6.07) is 1.76. The Morgan fingerprint density at radius 3 is 3.22 bits per heavy atom. The van der Waals surface area contributed by atoms with Crippen molar-refractivity contribution >= 4 is 33.9 Å². The van der Waals surface area contributed by atoms with Crippen LogP contribution in [0.5, 0.6) is 0 Å². The summed E-state index contributed by atoms with van der Waals surface area (Å²) in [5, 5.41) is 8.29. The Bertz CT molecular complexity index is 543. The number of nitrogens with zero attached hydrogens (tertiary/aromatic N) is 3. The molecule has 1 N–H and O–H groups in total. The van der Waals surface area contributed by atoms with Crippen LogP contribution in [0.2, 0.25) is 0 Å². The maximum absolute atomic E-state index is 4.95. The van der Waals surface area contributed by atoms with Crippen LogP contribution >= 0.6 is 23.5 Å². The molecule has 3 aliphatic heterocycles. The molecule has 23 heavy (non-hydrogen) atoms. The predicted molar refractivity (Wildman–Crippen MR) is 102 cm³/mol. The van der Waals surface area contributed by atoms with E-state index >= 15 is 0 Å². The zero-order valence-electron chi connectivity index (χ0n) is 13.8. The Balaban J connectivity index is 1.30. The molecule has 6 heteroatoms. The van der Waals surface area contributed by atoms with Crippen LogP contribution in [-0.4, -0.2) is 45.7 Å². The predicted octanol–water partition coefficient (Wildman–Crippen LogP) is 3.81. The van der Waals surface area contributed by atoms with Gasteiger partial charge in [0.2, 0.25) is 0 Å². The molecule has 0 aromatic heterocycles. The minimum Gasteiger partial charge on any atom is -0.360 e. The van der Waals surface area contributed by atoms with Crippen molar-refractivity contribution < 1.29 is 0 Å². The molecule has 0 amide bonds. The fraction of sp³-hybridized carbons (Fsp3) is 0.765. The van der Waals surface area contributed by atoms with Crippen molar-refractivity contribution in [1.29, 1.82) is 0 Å². The van der Waals surface area contributed by atoms with Gasteiger partial charge in [-0.15, -0.1) is 0 Å². The van der Waals surface area contributed by atoms with Gasteiger partial charge in [-0.1, -0.05) is 56.1 Å². The van der Waals surface area contributed by atoms with Gasteiger partial charge >= 0.3 is 0 Å². The summed E-state index contributed by atoms with van der Waals surface area (Å²) in [7, 11) is 0. The summed E-state index contributed by atoms with van der Waals surface area (Å²) in [4.78, 5) is 12.2. The highest BCUT2D eigenvalue weighted by Gasteiger charge is 2.41. The molecule has 0 radical (unpaired) electrons. The molecule has 3 atom stereocenters. The second-order valence-corrected chi connectivity index (χ2v) is 8.65. The highest BCUT2D eigenvalue weighted by Crippen LogP contribution is 2.41. The third-order valence-electron chi connectivity index (χ3n) is 5.16. The summed E-state index contributed by atoms with van der Waals surface area (Å²) in [5.41, 5.74) is 1.44. The Morgan fingerprint density at radius 2 is 2.30 bits per heavy atom. The van der Waals surface area contributed by atoms with E-state index in [9.17, 15) is 0 Å². The van der Waals surface area contributed by atoms with Gasteiger partial charge in [-0.2, -0.15) is 0 Å². The van der Waals surface area contributed by atoms with Gasteiger partial charge in [0.1, 0.15) is 0 Å². The Morgan fingerprint density at radius 1 is 1.39 bits per heavy atom. The molecule has 0 saturated heterocycles. The van der Waals surface area contributed by atoms with E-state index in [0.29, 0.717) is 18.1 Å². The van der Waals surface area contributed by atoms with Crippen molar-refractivity contribution in [3.8, 4) is 0 Å². The second kappa shape index (κ2) is 7.09. The highest BCUT2D eigenvalue weighted by atomic mass is 32.2. The lowest BCUT2D eigenvalue weighted by molar-refractivity contribution is 0.285. The number of aliphatic imine (C=N–C) groups is 2. The van der Waals surface area contributed by atoms with Gasteiger partial charge in [0.15, 0.2) is 10.3 Å². The fourth-order valence-electron chi connectivity index (χ4n) is 3.90. The van der Waals surface area contributed by atoms with Crippen LogP contribution in [0.15, 0.2) is 21.1 Å². The molecule has 4 aliphatic rings. The molecule has 0 aromatic rings. The van der Waals surface area contributed by atoms with Gasteiger partial charge in [0.05, 0.1) is 18.6 Å². The zero-order valence-corrected chi connectivity index (χ0v) is 15.5. The van der Waals surface area contributed by atoms with E-state index in [-0.39, 0.29) is 0 Å². The van der Waals surface area contributed by atoms with E-state index in [0.717, 1.165) is 17.5 Å². The lowest BCUT2D eigenvalue weighted by Crippen LogP contribution is -2.39. The molecule has 126 valence electrons. The second-order valence-electron chi connectivity index (χ2n) is 6.85. The van der Waals surface area contributed by atoms with Crippen LogP contribution in [0.3, 0.4) is 0 Å². The van der Waals surface area contributed by atoms with Crippen LogP contribution in [-0.2, 0) is 0 Å². The van der Waals surface area contributed by atoms with Crippen LogP contribution in [0.1, 0.15) is 51.9 Å². The van der Waals surface area contributed by atoms with Gasteiger partial charge in [-0.05, 0) is 24.7 Å². The van der Waals surface area contributed by atoms with E-state index < -0.39 is 0 Å². The van der Waals surface area contributed by atoms with E-state index in [4.69, 9.17) is 4.99 Å². The fourth-order valence-corrected chi connectivity index (χ4v) is 5.93. The van der Waals surface area contributed by atoms with Crippen molar-refractivity contribution in [1.82, 2.24) is 10.2 Å². The highest BCUT2D eigenvalue weighted by molar-refractivity contribution is 8.17. The molecule has 1 unspecified atom stereocenters. The minimum atomic E-state index is 0.556. The van der Waals surface area contributed by atoms with Crippen LogP contribution in [0, 0.1) is 0 Å². The first-order valence-corrected chi connectivity index (χ1v) is 10.9. The van der Waals surface area contributed by atoms with Crippen molar-refractivity contribution in [2.45, 2.75) is 70.0 Å². The molecule has 1 aliphatic carbocycles. The number of fused-ring (bicyclic) bond motifs is 3. The summed E-state index contributed by atoms with van der Waals surface area (Å²) in [6.45, 7) is 3.21. The Labute approximate surface area is 147 Å². The summed E-state index contributed by atoms with van der Waals surface area (Å²) >= 11 is 3.69. The molecule has 1 fully saturated rings. The van der Waals surface area contributed by atoms with Crippen LogP contribution in [0.4, 0.5) is 0 Å². The molecule has 3 heterocycles. The molecule has 0 spiro atoms. The zero-order chi connectivity index (χ0) is 15.6. The Kier molecular flexibility index (Phi) is 4.90. The summed E-state index contributed by atoms with van der Waals surface area (Å²) in [6.07, 6.45) is 9.10. The smallest absolute Gasteiger partial charge is 0.168 e. The van der Waals surface area contributed by atoms with Crippen molar-refractivity contribution in [2.75, 3.05) is 12.3 Å².